The molecule has 21 heavy (non-hydrogen) atoms. The lowest BCUT2D eigenvalue weighted by atomic mass is 9.98. The number of nitrogens with one attached hydrogen (secondary N) is 1. The van der Waals surface area contributed by atoms with Crippen LogP contribution in [0.4, 0.5) is 4.39 Å². The van der Waals surface area contributed by atoms with E-state index in [2.05, 4.69) is 5.32 Å². The van der Waals surface area contributed by atoms with E-state index in [0.29, 0.717) is 11.5 Å². The van der Waals surface area contributed by atoms with Gasteiger partial charge in [0.1, 0.15) is 5.82 Å². The van der Waals surface area contributed by atoms with Crippen LogP contribution in [-0.4, -0.2) is 20.8 Å². The first-order chi connectivity index (χ1) is 10.2. The van der Waals surface area contributed by atoms with E-state index in [1.165, 1.54) is 12.1 Å². The summed E-state index contributed by atoms with van der Waals surface area (Å²) in [4.78, 5) is 0. The molecule has 0 radical (unpaired) electrons. The molecule has 0 aromatic heterocycles. The smallest absolute Gasteiger partial charge is 0.161 e. The van der Waals surface area contributed by atoms with Gasteiger partial charge in [-0.2, -0.15) is 0 Å². The molecule has 2 aromatic rings. The van der Waals surface area contributed by atoms with E-state index in [9.17, 15) is 4.39 Å². The summed E-state index contributed by atoms with van der Waals surface area (Å²) in [5.41, 5.74) is 2.05. The van der Waals surface area contributed by atoms with Crippen molar-refractivity contribution < 1.29 is 13.9 Å². The minimum absolute atomic E-state index is 0.0181. The quantitative estimate of drug-likeness (QED) is 0.882. The van der Waals surface area contributed by atoms with Crippen molar-refractivity contribution in [2.45, 2.75) is 13.0 Å². The Bertz CT molecular complexity index is 584. The van der Waals surface area contributed by atoms with E-state index in [-0.39, 0.29) is 11.9 Å². The fourth-order valence-electron chi connectivity index (χ4n) is 2.32. The molecule has 1 N–H and O–H groups in total. The lowest BCUT2D eigenvalue weighted by molar-refractivity contribution is 0.354. The van der Waals surface area contributed by atoms with E-state index < -0.39 is 0 Å². The van der Waals surface area contributed by atoms with Crippen molar-refractivity contribution in [1.29, 1.82) is 0 Å². The number of methoxy groups -OCH3 is 2. The van der Waals surface area contributed by atoms with Crippen LogP contribution in [0.15, 0.2) is 42.5 Å². The number of halogens is 1. The van der Waals surface area contributed by atoms with Gasteiger partial charge in [-0.05, 0) is 41.9 Å². The Balaban J connectivity index is 2.40. The maximum atomic E-state index is 13.1. The van der Waals surface area contributed by atoms with Gasteiger partial charge in [0.25, 0.3) is 0 Å². The second-order valence-corrected chi connectivity index (χ2v) is 4.66. The van der Waals surface area contributed by atoms with Crippen molar-refractivity contribution in [3.05, 3.63) is 59.4 Å². The van der Waals surface area contributed by atoms with E-state index in [0.717, 1.165) is 17.7 Å². The summed E-state index contributed by atoms with van der Waals surface area (Å²) < 4.78 is 23.7. The molecule has 2 aromatic carbocycles. The first-order valence-electron chi connectivity index (χ1n) is 6.90. The van der Waals surface area contributed by atoms with E-state index in [4.69, 9.17) is 9.47 Å². The molecule has 0 heterocycles. The fourth-order valence-corrected chi connectivity index (χ4v) is 2.32. The van der Waals surface area contributed by atoms with Gasteiger partial charge in [0, 0.05) is 0 Å². The third-order valence-corrected chi connectivity index (χ3v) is 3.35. The summed E-state index contributed by atoms with van der Waals surface area (Å²) in [5, 5.41) is 3.40. The van der Waals surface area contributed by atoms with Gasteiger partial charge in [-0.25, -0.2) is 4.39 Å². The van der Waals surface area contributed by atoms with Gasteiger partial charge < -0.3 is 14.8 Å². The number of rotatable bonds is 6. The minimum Gasteiger partial charge on any atom is -0.493 e. The molecule has 0 aliphatic carbocycles. The molecule has 1 atom stereocenters. The van der Waals surface area contributed by atoms with E-state index >= 15 is 0 Å². The maximum Gasteiger partial charge on any atom is 0.161 e. The van der Waals surface area contributed by atoms with E-state index in [1.54, 1.807) is 26.4 Å². The summed E-state index contributed by atoms with van der Waals surface area (Å²) in [6, 6.07) is 12.3. The topological polar surface area (TPSA) is 30.5 Å². The summed E-state index contributed by atoms with van der Waals surface area (Å²) in [7, 11) is 3.22. The van der Waals surface area contributed by atoms with Crippen LogP contribution in [0.3, 0.4) is 0 Å². The third-order valence-electron chi connectivity index (χ3n) is 3.35. The molecule has 2 rings (SSSR count). The highest BCUT2D eigenvalue weighted by Crippen LogP contribution is 2.32. The average molecular weight is 289 g/mol. The van der Waals surface area contributed by atoms with Gasteiger partial charge in [0.15, 0.2) is 11.5 Å². The third kappa shape index (κ3) is 3.52. The lowest BCUT2D eigenvalue weighted by Crippen LogP contribution is -2.22. The summed E-state index contributed by atoms with van der Waals surface area (Å²) in [6.07, 6.45) is 0. The summed E-state index contributed by atoms with van der Waals surface area (Å²) in [6.45, 7) is 2.84. The molecule has 0 spiro atoms. The number of benzene rings is 2. The molecule has 112 valence electrons. The van der Waals surface area contributed by atoms with Crippen LogP contribution in [0, 0.1) is 5.82 Å². The Morgan fingerprint density at radius 3 is 2.14 bits per heavy atom. The molecule has 0 saturated carbocycles. The molecule has 0 amide bonds. The lowest BCUT2D eigenvalue weighted by Gasteiger charge is -2.20. The van der Waals surface area contributed by atoms with Gasteiger partial charge >= 0.3 is 0 Å². The van der Waals surface area contributed by atoms with Crippen LogP contribution in [-0.2, 0) is 0 Å². The van der Waals surface area contributed by atoms with E-state index in [1.807, 2.05) is 25.1 Å². The standard InChI is InChI=1S/C17H20FNO2/c1-4-19-17(12-5-8-14(18)9-6-12)13-7-10-15(20-2)16(11-13)21-3/h5-11,17,19H,4H2,1-3H3. The number of hydrogen-bond donors (Lipinski definition) is 1. The van der Waals surface area contributed by atoms with Crippen molar-refractivity contribution in [3.63, 3.8) is 0 Å². The highest BCUT2D eigenvalue weighted by atomic mass is 19.1. The van der Waals surface area contributed by atoms with Crippen LogP contribution in [0.5, 0.6) is 11.5 Å². The predicted molar refractivity (Wildman–Crippen MR) is 81.5 cm³/mol. The van der Waals surface area contributed by atoms with Crippen molar-refractivity contribution in [3.8, 4) is 11.5 Å². The van der Waals surface area contributed by atoms with Crippen LogP contribution < -0.4 is 14.8 Å². The Morgan fingerprint density at radius 1 is 0.952 bits per heavy atom. The number of hydrogen-bond acceptors (Lipinski definition) is 3. The summed E-state index contributed by atoms with van der Waals surface area (Å²) >= 11 is 0. The van der Waals surface area contributed by atoms with Crippen molar-refractivity contribution in [2.75, 3.05) is 20.8 Å². The zero-order valence-corrected chi connectivity index (χ0v) is 12.5. The number of ether oxygens (including phenoxy) is 2. The Morgan fingerprint density at radius 2 is 1.57 bits per heavy atom. The molecule has 4 heteroatoms. The van der Waals surface area contributed by atoms with Crippen LogP contribution >= 0.6 is 0 Å². The van der Waals surface area contributed by atoms with Crippen molar-refractivity contribution in [1.82, 2.24) is 5.32 Å². The van der Waals surface area contributed by atoms with Crippen LogP contribution in [0.1, 0.15) is 24.1 Å². The minimum atomic E-state index is -0.235. The van der Waals surface area contributed by atoms with Crippen molar-refractivity contribution in [2.24, 2.45) is 0 Å². The predicted octanol–water partition coefficient (Wildman–Crippen LogP) is 3.54. The molecular formula is C17H20FNO2. The zero-order chi connectivity index (χ0) is 15.2. The first kappa shape index (κ1) is 15.3. The Labute approximate surface area is 124 Å². The highest BCUT2D eigenvalue weighted by molar-refractivity contribution is 5.45. The average Bonchev–Trinajstić information content (AvgIpc) is 2.53. The SMILES string of the molecule is CCNC(c1ccc(F)cc1)c1ccc(OC)c(OC)c1. The first-order valence-corrected chi connectivity index (χ1v) is 6.90. The molecule has 0 saturated heterocycles. The van der Waals surface area contributed by atoms with Crippen LogP contribution in [0.2, 0.25) is 0 Å². The second kappa shape index (κ2) is 7.09. The largest absolute Gasteiger partial charge is 0.493 e. The van der Waals surface area contributed by atoms with Gasteiger partial charge in [-0.1, -0.05) is 25.1 Å². The molecule has 0 fully saturated rings. The molecule has 0 aliphatic heterocycles. The van der Waals surface area contributed by atoms with Gasteiger partial charge in [0.2, 0.25) is 0 Å². The van der Waals surface area contributed by atoms with Gasteiger partial charge in [0.05, 0.1) is 20.3 Å². The molecule has 0 aliphatic rings. The fraction of sp³-hybridized carbons (Fsp3) is 0.294. The monoisotopic (exact) mass is 289 g/mol. The maximum absolute atomic E-state index is 13.1. The summed E-state index contributed by atoms with van der Waals surface area (Å²) in [5.74, 6) is 1.14. The Kier molecular flexibility index (Phi) is 5.17. The molecule has 0 bridgehead atoms. The molecule has 3 nitrogen and oxygen atoms in total. The molecular weight excluding hydrogens is 269 g/mol. The molecule has 1 unspecified atom stereocenters. The van der Waals surface area contributed by atoms with Gasteiger partial charge in [-0.15, -0.1) is 0 Å². The zero-order valence-electron chi connectivity index (χ0n) is 12.5. The second-order valence-electron chi connectivity index (χ2n) is 4.66. The normalized spacial score (nSPS) is 12.0. The Hall–Kier alpha value is -2.07. The highest BCUT2D eigenvalue weighted by Gasteiger charge is 2.15. The van der Waals surface area contributed by atoms with Crippen LogP contribution in [0.25, 0.3) is 0 Å². The van der Waals surface area contributed by atoms with Crippen molar-refractivity contribution >= 4 is 0 Å². The van der Waals surface area contributed by atoms with Gasteiger partial charge in [-0.3, -0.25) is 0 Å².